The third-order valence-electron chi connectivity index (χ3n) is 8.40. The van der Waals surface area contributed by atoms with Crippen LogP contribution in [0.2, 0.25) is 0 Å². The van der Waals surface area contributed by atoms with Crippen molar-refractivity contribution in [1.82, 2.24) is 9.80 Å². The fourth-order valence-electron chi connectivity index (χ4n) is 6.45. The van der Waals surface area contributed by atoms with Crippen molar-refractivity contribution in [2.75, 3.05) is 13.6 Å². The van der Waals surface area contributed by atoms with Crippen LogP contribution in [0.5, 0.6) is 0 Å². The predicted octanol–water partition coefficient (Wildman–Crippen LogP) is 5.55. The zero-order valence-electron chi connectivity index (χ0n) is 23.6. The third-order valence-corrected chi connectivity index (χ3v) is 8.40. The number of fused-ring (bicyclic) bond motifs is 3. The number of benzene rings is 2. The number of amides is 2. The lowest BCUT2D eigenvalue weighted by molar-refractivity contribution is -0.126. The number of carbonyl (C=O) groups is 3. The number of Topliss-reactive ketones (excluding diaryl/α,β-unsaturated/α-hetero) is 1. The number of ether oxygens (including phenoxy) is 1. The molecule has 1 saturated heterocycles. The van der Waals surface area contributed by atoms with Crippen LogP contribution >= 0.6 is 0 Å². The molecule has 2 fully saturated rings. The maximum atomic E-state index is 15.2. The van der Waals surface area contributed by atoms with E-state index in [2.05, 4.69) is 6.07 Å². The van der Waals surface area contributed by atoms with Crippen LogP contribution in [0.15, 0.2) is 36.4 Å². The minimum atomic E-state index is -0.709. The molecule has 3 aliphatic rings. The van der Waals surface area contributed by atoms with Crippen LogP contribution in [0.4, 0.5) is 9.18 Å². The van der Waals surface area contributed by atoms with Crippen molar-refractivity contribution in [2.45, 2.75) is 77.0 Å². The lowest BCUT2D eigenvalue weighted by Gasteiger charge is -2.35. The van der Waals surface area contributed by atoms with Crippen molar-refractivity contribution in [3.8, 4) is 17.2 Å². The summed E-state index contributed by atoms with van der Waals surface area (Å²) in [7, 11) is 1.78. The fourth-order valence-corrected chi connectivity index (χ4v) is 6.45. The van der Waals surface area contributed by atoms with E-state index in [-0.39, 0.29) is 36.5 Å². The van der Waals surface area contributed by atoms with Crippen molar-refractivity contribution in [2.24, 2.45) is 11.8 Å². The minimum Gasteiger partial charge on any atom is -0.444 e. The van der Waals surface area contributed by atoms with Crippen molar-refractivity contribution < 1.29 is 23.5 Å². The molecule has 0 N–H and O–H groups in total. The first-order chi connectivity index (χ1) is 18.9. The van der Waals surface area contributed by atoms with Crippen molar-refractivity contribution in [3.63, 3.8) is 0 Å². The first-order valence-electron chi connectivity index (χ1n) is 14.1. The molecule has 0 aromatic heterocycles. The van der Waals surface area contributed by atoms with Crippen molar-refractivity contribution >= 4 is 17.8 Å². The van der Waals surface area contributed by atoms with Gasteiger partial charge in [-0.3, -0.25) is 14.5 Å². The molecule has 2 aliphatic heterocycles. The molecule has 2 bridgehead atoms. The maximum absolute atomic E-state index is 15.2. The Kier molecular flexibility index (Phi) is 7.43. The number of ketones is 1. The van der Waals surface area contributed by atoms with Crippen molar-refractivity contribution in [3.05, 3.63) is 58.9 Å². The smallest absolute Gasteiger partial charge is 0.411 e. The molecule has 1 aliphatic carbocycles. The minimum absolute atomic E-state index is 0.00827. The molecule has 0 spiro atoms. The van der Waals surface area contributed by atoms with Crippen molar-refractivity contribution in [1.29, 1.82) is 5.26 Å². The molecule has 2 aromatic rings. The SMILES string of the molecule is CN1CCc2cc(-c3ccc(C[C@@H](C#N)CC(=O)[C@@H]4[C@H]5CC[C@H](C5)N4C(=O)OC(C)(C)C)c(F)c3)ccc2C1=O. The van der Waals surface area contributed by atoms with Gasteiger partial charge in [-0.1, -0.05) is 24.3 Å². The Bertz CT molecular complexity index is 1390. The molecule has 210 valence electrons. The monoisotopic (exact) mass is 545 g/mol. The molecule has 2 heterocycles. The standard InChI is InChI=1S/C32H36FN3O4/c1-32(2,3)40-31(39)36-25-9-7-24(16-25)29(36)28(37)14-19(18-34)13-23-6-5-21(17-27(23)33)20-8-10-26-22(15-20)11-12-35(4)30(26)38/h5-6,8,10,15,17,19,24-25,29H,7,9,11-14,16H2,1-4H3/t19-,24+,25-,29+/m1/s1. The van der Waals surface area contributed by atoms with Gasteiger partial charge in [-0.25, -0.2) is 9.18 Å². The van der Waals surface area contributed by atoms with E-state index < -0.39 is 29.5 Å². The van der Waals surface area contributed by atoms with Crippen LogP contribution in [-0.2, 0) is 22.4 Å². The molecule has 2 amide bonds. The van der Waals surface area contributed by atoms with E-state index in [1.54, 1.807) is 49.8 Å². The summed E-state index contributed by atoms with van der Waals surface area (Å²) in [6.07, 6.45) is 2.83. The number of hydrogen-bond donors (Lipinski definition) is 0. The number of nitriles is 1. The quantitative estimate of drug-likeness (QED) is 0.475. The van der Waals surface area contributed by atoms with Gasteiger partial charge in [0.15, 0.2) is 5.78 Å². The summed E-state index contributed by atoms with van der Waals surface area (Å²) in [6, 6.07) is 12.1. The number of nitrogens with zero attached hydrogens (tertiary/aromatic N) is 3. The van der Waals surface area contributed by atoms with E-state index in [1.807, 2.05) is 18.2 Å². The molecule has 1 saturated carbocycles. The Morgan fingerprint density at radius 2 is 1.88 bits per heavy atom. The summed E-state index contributed by atoms with van der Waals surface area (Å²) in [5.74, 6) is -1.23. The Morgan fingerprint density at radius 1 is 1.15 bits per heavy atom. The highest BCUT2D eigenvalue weighted by Gasteiger charge is 2.52. The van der Waals surface area contributed by atoms with E-state index in [1.165, 1.54) is 6.07 Å². The Balaban J connectivity index is 1.28. The molecule has 4 atom stereocenters. The predicted molar refractivity (Wildman–Crippen MR) is 148 cm³/mol. The second kappa shape index (κ2) is 10.7. The van der Waals surface area contributed by atoms with E-state index in [4.69, 9.17) is 4.74 Å². The average molecular weight is 546 g/mol. The number of hydrogen-bond acceptors (Lipinski definition) is 5. The normalized spacial score (nSPS) is 22.6. The first kappa shape index (κ1) is 27.8. The van der Waals surface area contributed by atoms with Gasteiger partial charge in [0.25, 0.3) is 5.91 Å². The van der Waals surface area contributed by atoms with Gasteiger partial charge in [0, 0.05) is 31.6 Å². The summed E-state index contributed by atoms with van der Waals surface area (Å²) < 4.78 is 20.8. The van der Waals surface area contributed by atoms with Crippen LogP contribution in [0.3, 0.4) is 0 Å². The molecule has 40 heavy (non-hydrogen) atoms. The maximum Gasteiger partial charge on any atom is 0.411 e. The third kappa shape index (κ3) is 5.47. The fraction of sp³-hybridized carbons (Fsp3) is 0.500. The van der Waals surface area contributed by atoms with Crippen LogP contribution in [0, 0.1) is 29.0 Å². The summed E-state index contributed by atoms with van der Waals surface area (Å²) in [4.78, 5) is 42.0. The summed E-state index contributed by atoms with van der Waals surface area (Å²) >= 11 is 0. The first-order valence-corrected chi connectivity index (χ1v) is 14.1. The number of piperidine rings is 1. The molecule has 5 rings (SSSR count). The van der Waals surface area contributed by atoms with Gasteiger partial charge in [-0.05, 0) is 93.2 Å². The van der Waals surface area contributed by atoms with E-state index in [0.29, 0.717) is 23.2 Å². The van der Waals surface area contributed by atoms with E-state index in [0.717, 1.165) is 36.8 Å². The van der Waals surface area contributed by atoms with Gasteiger partial charge in [-0.15, -0.1) is 0 Å². The second-order valence-electron chi connectivity index (χ2n) is 12.4. The lowest BCUT2D eigenvalue weighted by Crippen LogP contribution is -2.51. The van der Waals surface area contributed by atoms with Crippen LogP contribution < -0.4 is 0 Å². The molecule has 0 unspecified atom stereocenters. The highest BCUT2D eigenvalue weighted by atomic mass is 19.1. The average Bonchev–Trinajstić information content (AvgIpc) is 3.52. The highest BCUT2D eigenvalue weighted by Crippen LogP contribution is 2.44. The largest absolute Gasteiger partial charge is 0.444 e. The lowest BCUT2D eigenvalue weighted by atomic mass is 9.87. The highest BCUT2D eigenvalue weighted by molar-refractivity contribution is 5.97. The number of carbonyl (C=O) groups excluding carboxylic acids is 3. The Morgan fingerprint density at radius 3 is 2.58 bits per heavy atom. The number of halogens is 1. The topological polar surface area (TPSA) is 90.7 Å². The number of rotatable bonds is 6. The zero-order chi connectivity index (χ0) is 28.8. The van der Waals surface area contributed by atoms with Gasteiger partial charge in [-0.2, -0.15) is 5.26 Å². The zero-order valence-corrected chi connectivity index (χ0v) is 23.6. The van der Waals surface area contributed by atoms with Gasteiger partial charge in [0.2, 0.25) is 0 Å². The summed E-state index contributed by atoms with van der Waals surface area (Å²) in [5.41, 5.74) is 2.85. The van der Waals surface area contributed by atoms with Gasteiger partial charge in [0.05, 0.1) is 18.0 Å². The van der Waals surface area contributed by atoms with Gasteiger partial charge in [0.1, 0.15) is 11.4 Å². The number of likely N-dealkylation sites (tertiary alicyclic amines) is 1. The van der Waals surface area contributed by atoms with E-state index >= 15 is 4.39 Å². The van der Waals surface area contributed by atoms with Crippen LogP contribution in [0.25, 0.3) is 11.1 Å². The van der Waals surface area contributed by atoms with Crippen LogP contribution in [0.1, 0.15) is 67.9 Å². The number of likely N-dealkylation sites (N-methyl/N-ethyl adjacent to an activating group) is 1. The molecule has 7 nitrogen and oxygen atoms in total. The van der Waals surface area contributed by atoms with E-state index in [9.17, 15) is 19.6 Å². The Hall–Kier alpha value is -3.73. The van der Waals surface area contributed by atoms with Gasteiger partial charge < -0.3 is 9.64 Å². The summed E-state index contributed by atoms with van der Waals surface area (Å²) in [6.45, 7) is 6.04. The van der Waals surface area contributed by atoms with Crippen LogP contribution in [-0.4, -0.2) is 58.9 Å². The Labute approximate surface area is 234 Å². The second-order valence-corrected chi connectivity index (χ2v) is 12.4. The molecule has 8 heteroatoms. The molecular weight excluding hydrogens is 509 g/mol. The molecule has 2 aromatic carbocycles. The molecular formula is C32H36FN3O4. The molecule has 0 radical (unpaired) electrons. The van der Waals surface area contributed by atoms with Gasteiger partial charge >= 0.3 is 6.09 Å². The summed E-state index contributed by atoms with van der Waals surface area (Å²) in [5, 5.41) is 9.85.